The highest BCUT2D eigenvalue weighted by Crippen LogP contribution is 2.24. The number of aryl methyl sites for hydroxylation is 1. The Morgan fingerprint density at radius 3 is 2.38 bits per heavy atom. The average molecular weight is 182 g/mol. The molecule has 1 aromatic rings. The number of aromatic nitrogens is 2. The second-order valence-electron chi connectivity index (χ2n) is 3.38. The van der Waals surface area contributed by atoms with Crippen LogP contribution in [-0.2, 0) is 0 Å². The van der Waals surface area contributed by atoms with Crippen molar-refractivity contribution in [3.05, 3.63) is 11.4 Å². The Morgan fingerprint density at radius 2 is 2.08 bits per heavy atom. The highest BCUT2D eigenvalue weighted by molar-refractivity contribution is 5.95. The van der Waals surface area contributed by atoms with E-state index in [0.29, 0.717) is 11.4 Å². The van der Waals surface area contributed by atoms with Gasteiger partial charge in [-0.15, -0.1) is 0 Å². The van der Waals surface area contributed by atoms with Crippen LogP contribution in [0, 0.1) is 6.92 Å². The highest BCUT2D eigenvalue weighted by atomic mass is 16.3. The van der Waals surface area contributed by atoms with Crippen molar-refractivity contribution in [1.82, 2.24) is 9.78 Å². The van der Waals surface area contributed by atoms with Gasteiger partial charge in [0.1, 0.15) is 11.4 Å². The predicted molar refractivity (Wildman–Crippen MR) is 49.0 cm³/mol. The zero-order chi connectivity index (χ0) is 10.2. The van der Waals surface area contributed by atoms with Crippen LogP contribution >= 0.6 is 0 Å². The summed E-state index contributed by atoms with van der Waals surface area (Å²) in [6, 6.07) is 0.0819. The molecular formula is C9H14N2O2. The number of carbonyl (C=O) groups excluding carboxylic acids is 1. The number of ketones is 1. The molecule has 0 spiro atoms. The fraction of sp³-hybridized carbons (Fsp3) is 0.556. The SMILES string of the molecule is CC(=O)c1c(O)c(C)nn1C(C)C. The van der Waals surface area contributed by atoms with Gasteiger partial charge in [0.05, 0.1) is 0 Å². The monoisotopic (exact) mass is 182 g/mol. The van der Waals surface area contributed by atoms with Crippen molar-refractivity contribution in [1.29, 1.82) is 0 Å². The van der Waals surface area contributed by atoms with Gasteiger partial charge in [-0.2, -0.15) is 5.10 Å². The summed E-state index contributed by atoms with van der Waals surface area (Å²) in [7, 11) is 0. The minimum Gasteiger partial charge on any atom is -0.504 e. The van der Waals surface area contributed by atoms with E-state index in [1.165, 1.54) is 6.92 Å². The summed E-state index contributed by atoms with van der Waals surface area (Å²) in [5.74, 6) is -0.159. The lowest BCUT2D eigenvalue weighted by Crippen LogP contribution is -2.10. The van der Waals surface area contributed by atoms with Crippen molar-refractivity contribution in [3.8, 4) is 5.75 Å². The number of hydrogen-bond acceptors (Lipinski definition) is 3. The summed E-state index contributed by atoms with van der Waals surface area (Å²) in [6.07, 6.45) is 0. The van der Waals surface area contributed by atoms with Crippen LogP contribution in [0.25, 0.3) is 0 Å². The van der Waals surface area contributed by atoms with E-state index in [1.54, 1.807) is 11.6 Å². The second-order valence-corrected chi connectivity index (χ2v) is 3.38. The summed E-state index contributed by atoms with van der Waals surface area (Å²) < 4.78 is 1.55. The standard InChI is InChI=1S/C9H14N2O2/c1-5(2)11-8(7(4)12)9(13)6(3)10-11/h5,13H,1-4H3. The van der Waals surface area contributed by atoms with E-state index < -0.39 is 0 Å². The third-order valence-electron chi connectivity index (χ3n) is 1.88. The Labute approximate surface area is 77.2 Å². The topological polar surface area (TPSA) is 55.1 Å². The summed E-state index contributed by atoms with van der Waals surface area (Å²) in [4.78, 5) is 11.2. The number of carbonyl (C=O) groups is 1. The third kappa shape index (κ3) is 1.56. The smallest absolute Gasteiger partial charge is 0.181 e. The molecule has 13 heavy (non-hydrogen) atoms. The minimum atomic E-state index is -0.160. The first-order chi connectivity index (χ1) is 5.95. The van der Waals surface area contributed by atoms with Crippen molar-refractivity contribution in [3.63, 3.8) is 0 Å². The molecule has 4 heteroatoms. The normalized spacial score (nSPS) is 10.8. The summed E-state index contributed by atoms with van der Waals surface area (Å²) in [5, 5.41) is 13.6. The van der Waals surface area contributed by atoms with Crippen LogP contribution < -0.4 is 0 Å². The van der Waals surface area contributed by atoms with E-state index >= 15 is 0 Å². The van der Waals surface area contributed by atoms with Crippen LogP contribution in [0.3, 0.4) is 0 Å². The number of aromatic hydroxyl groups is 1. The molecule has 0 radical (unpaired) electrons. The molecule has 0 aliphatic heterocycles. The first-order valence-electron chi connectivity index (χ1n) is 4.24. The number of Topliss-reactive ketones (excluding diaryl/α,β-unsaturated/α-hetero) is 1. The molecule has 0 fully saturated rings. The molecule has 0 atom stereocenters. The lowest BCUT2D eigenvalue weighted by molar-refractivity contribution is 0.0998. The highest BCUT2D eigenvalue weighted by Gasteiger charge is 2.19. The van der Waals surface area contributed by atoms with Gasteiger partial charge in [-0.3, -0.25) is 9.48 Å². The van der Waals surface area contributed by atoms with Crippen LogP contribution in [0.5, 0.6) is 5.75 Å². The van der Waals surface area contributed by atoms with E-state index in [2.05, 4.69) is 5.10 Å². The summed E-state index contributed by atoms with van der Waals surface area (Å²) in [5.41, 5.74) is 0.798. The maximum atomic E-state index is 11.2. The molecule has 0 aliphatic carbocycles. The Balaban J connectivity index is 3.35. The Morgan fingerprint density at radius 1 is 1.54 bits per heavy atom. The van der Waals surface area contributed by atoms with Crippen LogP contribution in [0.2, 0.25) is 0 Å². The molecule has 1 aromatic heterocycles. The third-order valence-corrected chi connectivity index (χ3v) is 1.88. The maximum Gasteiger partial charge on any atom is 0.181 e. The van der Waals surface area contributed by atoms with Gasteiger partial charge in [-0.1, -0.05) is 0 Å². The minimum absolute atomic E-state index is 0.00111. The van der Waals surface area contributed by atoms with Gasteiger partial charge in [-0.25, -0.2) is 0 Å². The molecule has 4 nitrogen and oxygen atoms in total. The van der Waals surface area contributed by atoms with Crippen molar-refractivity contribution in [2.75, 3.05) is 0 Å². The van der Waals surface area contributed by atoms with E-state index in [4.69, 9.17) is 0 Å². The molecule has 0 saturated heterocycles. The molecule has 0 saturated carbocycles. The van der Waals surface area contributed by atoms with Crippen LogP contribution in [0.1, 0.15) is 43.0 Å². The molecule has 1 rings (SSSR count). The van der Waals surface area contributed by atoms with Crippen LogP contribution in [0.15, 0.2) is 0 Å². The van der Waals surface area contributed by atoms with E-state index in [0.717, 1.165) is 0 Å². The lowest BCUT2D eigenvalue weighted by Gasteiger charge is -2.07. The first-order valence-corrected chi connectivity index (χ1v) is 4.24. The molecule has 1 N–H and O–H groups in total. The van der Waals surface area contributed by atoms with E-state index in [9.17, 15) is 9.90 Å². The molecule has 0 aromatic carbocycles. The molecule has 72 valence electrons. The fourth-order valence-corrected chi connectivity index (χ4v) is 1.24. The van der Waals surface area contributed by atoms with Gasteiger partial charge in [0.15, 0.2) is 11.5 Å². The van der Waals surface area contributed by atoms with Crippen LogP contribution in [-0.4, -0.2) is 20.7 Å². The zero-order valence-electron chi connectivity index (χ0n) is 8.33. The number of nitrogens with zero attached hydrogens (tertiary/aromatic N) is 2. The van der Waals surface area contributed by atoms with Crippen molar-refractivity contribution in [2.45, 2.75) is 33.7 Å². The van der Waals surface area contributed by atoms with Gasteiger partial charge in [0, 0.05) is 13.0 Å². The van der Waals surface area contributed by atoms with Crippen molar-refractivity contribution in [2.24, 2.45) is 0 Å². The van der Waals surface area contributed by atoms with E-state index in [1.807, 2.05) is 13.8 Å². The second kappa shape index (κ2) is 3.20. The lowest BCUT2D eigenvalue weighted by atomic mass is 10.2. The molecule has 0 aliphatic rings. The predicted octanol–water partition coefficient (Wildman–Crippen LogP) is 1.68. The molecule has 1 heterocycles. The molecular weight excluding hydrogens is 168 g/mol. The first kappa shape index (κ1) is 9.77. The average Bonchev–Trinajstić information content (AvgIpc) is 2.28. The van der Waals surface area contributed by atoms with Crippen LogP contribution in [0.4, 0.5) is 0 Å². The Kier molecular flexibility index (Phi) is 2.40. The van der Waals surface area contributed by atoms with Gasteiger partial charge in [0.25, 0.3) is 0 Å². The fourth-order valence-electron chi connectivity index (χ4n) is 1.24. The Hall–Kier alpha value is -1.32. The Bertz CT molecular complexity index is 340. The van der Waals surface area contributed by atoms with Gasteiger partial charge >= 0.3 is 0 Å². The number of hydrogen-bond donors (Lipinski definition) is 1. The van der Waals surface area contributed by atoms with E-state index in [-0.39, 0.29) is 17.6 Å². The quantitative estimate of drug-likeness (QED) is 0.708. The van der Waals surface area contributed by atoms with Crippen molar-refractivity contribution >= 4 is 5.78 Å². The molecule has 0 bridgehead atoms. The molecule has 0 amide bonds. The largest absolute Gasteiger partial charge is 0.504 e. The number of rotatable bonds is 2. The summed E-state index contributed by atoms with van der Waals surface area (Å²) >= 11 is 0. The van der Waals surface area contributed by atoms with Gasteiger partial charge in [-0.05, 0) is 20.8 Å². The molecule has 0 unspecified atom stereocenters. The van der Waals surface area contributed by atoms with Gasteiger partial charge in [0.2, 0.25) is 0 Å². The zero-order valence-corrected chi connectivity index (χ0v) is 8.33. The van der Waals surface area contributed by atoms with Gasteiger partial charge < -0.3 is 5.11 Å². The summed E-state index contributed by atoms with van der Waals surface area (Å²) in [6.45, 7) is 6.94. The van der Waals surface area contributed by atoms with Crippen molar-refractivity contribution < 1.29 is 9.90 Å². The maximum absolute atomic E-state index is 11.2.